The predicted octanol–water partition coefficient (Wildman–Crippen LogP) is 4.50. The van der Waals surface area contributed by atoms with Crippen LogP contribution in [-0.4, -0.2) is 36.5 Å². The van der Waals surface area contributed by atoms with E-state index in [9.17, 15) is 9.59 Å². The standard InChI is InChI=1S/C25H28N2O4/c1-5-15-27-24(28)22(18-7-11-21(12-8-18)31-16-17(3)4)23(25(27)29)26-19-9-13-20(14-10-19)30-6-2/h5,7-14,17,26H,1,6,15-16H2,2-4H3. The third-order valence-electron chi connectivity index (χ3n) is 4.64. The molecule has 0 unspecified atom stereocenters. The summed E-state index contributed by atoms with van der Waals surface area (Å²) in [5, 5.41) is 3.13. The summed E-state index contributed by atoms with van der Waals surface area (Å²) in [5.41, 5.74) is 1.91. The number of ether oxygens (including phenoxy) is 2. The minimum Gasteiger partial charge on any atom is -0.494 e. The highest BCUT2D eigenvalue weighted by atomic mass is 16.5. The minimum absolute atomic E-state index is 0.144. The van der Waals surface area contributed by atoms with Crippen molar-refractivity contribution in [3.8, 4) is 11.5 Å². The van der Waals surface area contributed by atoms with E-state index in [0.717, 1.165) is 11.5 Å². The Labute approximate surface area is 183 Å². The fraction of sp³-hybridized carbons (Fsp3) is 0.280. The van der Waals surface area contributed by atoms with E-state index in [4.69, 9.17) is 9.47 Å². The number of carbonyl (C=O) groups excluding carboxylic acids is 2. The van der Waals surface area contributed by atoms with Gasteiger partial charge in [0.2, 0.25) is 0 Å². The first-order valence-corrected chi connectivity index (χ1v) is 10.4. The van der Waals surface area contributed by atoms with Crippen LogP contribution in [-0.2, 0) is 9.59 Å². The second-order valence-electron chi connectivity index (χ2n) is 7.57. The Hall–Kier alpha value is -3.54. The van der Waals surface area contributed by atoms with Crippen LogP contribution >= 0.6 is 0 Å². The Morgan fingerprint density at radius 2 is 1.58 bits per heavy atom. The lowest BCUT2D eigenvalue weighted by Gasteiger charge is -2.12. The Balaban J connectivity index is 1.92. The summed E-state index contributed by atoms with van der Waals surface area (Å²) in [6, 6.07) is 14.5. The lowest BCUT2D eigenvalue weighted by Crippen LogP contribution is -2.32. The molecule has 1 N–H and O–H groups in total. The second-order valence-corrected chi connectivity index (χ2v) is 7.57. The smallest absolute Gasteiger partial charge is 0.278 e. The van der Waals surface area contributed by atoms with Gasteiger partial charge in [-0.25, -0.2) is 0 Å². The van der Waals surface area contributed by atoms with Crippen molar-refractivity contribution in [2.75, 3.05) is 25.1 Å². The van der Waals surface area contributed by atoms with Gasteiger partial charge in [0.05, 0.1) is 18.8 Å². The topological polar surface area (TPSA) is 67.9 Å². The molecule has 162 valence electrons. The zero-order valence-corrected chi connectivity index (χ0v) is 18.2. The number of amides is 2. The van der Waals surface area contributed by atoms with Crippen molar-refractivity contribution in [3.05, 3.63) is 72.4 Å². The van der Waals surface area contributed by atoms with Gasteiger partial charge in [-0.1, -0.05) is 32.1 Å². The van der Waals surface area contributed by atoms with Crippen molar-refractivity contribution in [3.63, 3.8) is 0 Å². The fourth-order valence-corrected chi connectivity index (χ4v) is 3.18. The zero-order chi connectivity index (χ0) is 22.4. The third kappa shape index (κ3) is 5.15. The van der Waals surface area contributed by atoms with E-state index in [2.05, 4.69) is 25.7 Å². The molecule has 2 aromatic carbocycles. The van der Waals surface area contributed by atoms with Crippen molar-refractivity contribution >= 4 is 23.1 Å². The van der Waals surface area contributed by atoms with Gasteiger partial charge >= 0.3 is 0 Å². The number of carbonyl (C=O) groups is 2. The molecule has 2 aromatic rings. The van der Waals surface area contributed by atoms with Crippen LogP contribution in [0.2, 0.25) is 0 Å². The second kappa shape index (κ2) is 9.98. The van der Waals surface area contributed by atoms with Crippen LogP contribution in [0.4, 0.5) is 5.69 Å². The van der Waals surface area contributed by atoms with E-state index in [0.29, 0.717) is 36.0 Å². The molecule has 31 heavy (non-hydrogen) atoms. The molecule has 0 spiro atoms. The van der Waals surface area contributed by atoms with Crippen LogP contribution in [0.3, 0.4) is 0 Å². The summed E-state index contributed by atoms with van der Waals surface area (Å²) in [6.45, 7) is 11.1. The van der Waals surface area contributed by atoms with Crippen molar-refractivity contribution < 1.29 is 19.1 Å². The number of anilines is 1. The van der Waals surface area contributed by atoms with Crippen LogP contribution < -0.4 is 14.8 Å². The molecule has 0 saturated heterocycles. The molecule has 0 fully saturated rings. The first kappa shape index (κ1) is 22.2. The lowest BCUT2D eigenvalue weighted by atomic mass is 10.0. The average Bonchev–Trinajstić information content (AvgIpc) is 2.99. The van der Waals surface area contributed by atoms with Gasteiger partial charge in [0, 0.05) is 12.2 Å². The average molecular weight is 421 g/mol. The van der Waals surface area contributed by atoms with E-state index in [1.165, 1.54) is 11.0 Å². The van der Waals surface area contributed by atoms with Crippen LogP contribution in [0.5, 0.6) is 11.5 Å². The van der Waals surface area contributed by atoms with Crippen molar-refractivity contribution in [1.82, 2.24) is 4.90 Å². The number of nitrogens with one attached hydrogen (secondary N) is 1. The van der Waals surface area contributed by atoms with E-state index in [-0.39, 0.29) is 24.1 Å². The highest BCUT2D eigenvalue weighted by Crippen LogP contribution is 2.31. The van der Waals surface area contributed by atoms with Gasteiger partial charge in [0.1, 0.15) is 17.2 Å². The Kier molecular flexibility index (Phi) is 7.13. The molecule has 1 heterocycles. The van der Waals surface area contributed by atoms with E-state index >= 15 is 0 Å². The molecule has 0 saturated carbocycles. The van der Waals surface area contributed by atoms with Gasteiger partial charge in [-0.2, -0.15) is 0 Å². The molecule has 1 aliphatic rings. The summed E-state index contributed by atoms with van der Waals surface area (Å²) in [7, 11) is 0. The molecule has 6 heteroatoms. The highest BCUT2D eigenvalue weighted by molar-refractivity contribution is 6.36. The first-order chi connectivity index (χ1) is 14.9. The van der Waals surface area contributed by atoms with Crippen LogP contribution in [0.15, 0.2) is 66.9 Å². The number of imide groups is 1. The molecule has 3 rings (SSSR count). The predicted molar refractivity (Wildman–Crippen MR) is 122 cm³/mol. The maximum Gasteiger partial charge on any atom is 0.278 e. The largest absolute Gasteiger partial charge is 0.494 e. The molecular weight excluding hydrogens is 392 g/mol. The number of hydrogen-bond donors (Lipinski definition) is 1. The van der Waals surface area contributed by atoms with Gasteiger partial charge in [-0.15, -0.1) is 6.58 Å². The van der Waals surface area contributed by atoms with Crippen molar-refractivity contribution in [2.24, 2.45) is 5.92 Å². The Morgan fingerprint density at radius 1 is 0.968 bits per heavy atom. The van der Waals surface area contributed by atoms with Crippen molar-refractivity contribution in [2.45, 2.75) is 20.8 Å². The summed E-state index contributed by atoms with van der Waals surface area (Å²) in [6.07, 6.45) is 1.54. The van der Waals surface area contributed by atoms with Crippen molar-refractivity contribution in [1.29, 1.82) is 0 Å². The molecule has 0 bridgehead atoms. The minimum atomic E-state index is -0.381. The maximum absolute atomic E-state index is 13.1. The summed E-state index contributed by atoms with van der Waals surface area (Å²) < 4.78 is 11.2. The first-order valence-electron chi connectivity index (χ1n) is 10.4. The number of benzene rings is 2. The Bertz CT molecular complexity index is 976. The maximum atomic E-state index is 13.1. The van der Waals surface area contributed by atoms with Gasteiger partial charge in [0.25, 0.3) is 11.8 Å². The van der Waals surface area contributed by atoms with E-state index in [1.54, 1.807) is 12.1 Å². The van der Waals surface area contributed by atoms with Gasteiger partial charge in [-0.05, 0) is 54.8 Å². The monoisotopic (exact) mass is 420 g/mol. The third-order valence-corrected chi connectivity index (χ3v) is 4.64. The summed E-state index contributed by atoms with van der Waals surface area (Å²) in [5.74, 6) is 1.14. The SMILES string of the molecule is C=CCN1C(=O)C(Nc2ccc(OCC)cc2)=C(c2ccc(OCC(C)C)cc2)C1=O. The summed E-state index contributed by atoms with van der Waals surface area (Å²) in [4.78, 5) is 27.2. The quantitative estimate of drug-likeness (QED) is 0.453. The van der Waals surface area contributed by atoms with Gasteiger partial charge < -0.3 is 14.8 Å². The summed E-state index contributed by atoms with van der Waals surface area (Å²) >= 11 is 0. The number of nitrogens with zero attached hydrogens (tertiary/aromatic N) is 1. The lowest BCUT2D eigenvalue weighted by molar-refractivity contribution is -0.136. The van der Waals surface area contributed by atoms with Gasteiger partial charge in [-0.3, -0.25) is 14.5 Å². The molecule has 0 aromatic heterocycles. The molecule has 0 atom stereocenters. The number of hydrogen-bond acceptors (Lipinski definition) is 5. The normalized spacial score (nSPS) is 13.7. The van der Waals surface area contributed by atoms with E-state index < -0.39 is 0 Å². The fourth-order valence-electron chi connectivity index (χ4n) is 3.18. The molecule has 1 aliphatic heterocycles. The van der Waals surface area contributed by atoms with E-state index in [1.807, 2.05) is 43.3 Å². The Morgan fingerprint density at radius 3 is 2.16 bits per heavy atom. The molecular formula is C25H28N2O4. The molecule has 6 nitrogen and oxygen atoms in total. The van der Waals surface area contributed by atoms with Crippen LogP contribution in [0.1, 0.15) is 26.3 Å². The van der Waals surface area contributed by atoms with Gasteiger partial charge in [0.15, 0.2) is 0 Å². The highest BCUT2D eigenvalue weighted by Gasteiger charge is 2.38. The molecule has 2 amide bonds. The van der Waals surface area contributed by atoms with Crippen LogP contribution in [0, 0.1) is 5.92 Å². The molecule has 0 aliphatic carbocycles. The van der Waals surface area contributed by atoms with Crippen LogP contribution in [0.25, 0.3) is 5.57 Å². The zero-order valence-electron chi connectivity index (χ0n) is 18.2. The number of rotatable bonds is 10. The molecule has 0 radical (unpaired) electrons.